The fourth-order valence-corrected chi connectivity index (χ4v) is 4.21. The van der Waals surface area contributed by atoms with Crippen molar-refractivity contribution in [3.8, 4) is 0 Å². The van der Waals surface area contributed by atoms with E-state index < -0.39 is 83.5 Å². The topological polar surface area (TPSA) is 266 Å². The smallest absolute Gasteiger partial charge is 0.303 e. The van der Waals surface area contributed by atoms with Gasteiger partial charge in [-0.05, 0) is 35.4 Å². The molecule has 5 amide bonds. The van der Waals surface area contributed by atoms with Crippen molar-refractivity contribution in [3.63, 3.8) is 0 Å². The molecule has 1 heterocycles. The summed E-state index contributed by atoms with van der Waals surface area (Å²) in [7, 11) is 0. The summed E-state index contributed by atoms with van der Waals surface area (Å²) in [6.07, 6.45) is -1.75. The molecule has 200 valence electrons. The Morgan fingerprint density at radius 3 is 2.30 bits per heavy atom. The van der Waals surface area contributed by atoms with Crippen LogP contribution in [0.1, 0.15) is 36.0 Å². The lowest BCUT2D eigenvalue weighted by Gasteiger charge is -2.25. The number of amides is 5. The first-order valence-corrected chi connectivity index (χ1v) is 11.8. The molecule has 1 unspecified atom stereocenters. The third kappa shape index (κ3) is 8.26. The van der Waals surface area contributed by atoms with E-state index in [-0.39, 0.29) is 27.8 Å². The van der Waals surface area contributed by atoms with Gasteiger partial charge in [-0.25, -0.2) is 0 Å². The molecule has 17 heteroatoms. The summed E-state index contributed by atoms with van der Waals surface area (Å²) in [6.45, 7) is -0.0305. The second kappa shape index (κ2) is 12.8. The van der Waals surface area contributed by atoms with Crippen LogP contribution in [0.3, 0.4) is 0 Å². The lowest BCUT2D eigenvalue weighted by molar-refractivity contribution is -0.385. The second-order valence-corrected chi connectivity index (χ2v) is 9.14. The van der Waals surface area contributed by atoms with Crippen LogP contribution in [0.5, 0.6) is 0 Å². The quantitative estimate of drug-likeness (QED) is 0.102. The van der Waals surface area contributed by atoms with Gasteiger partial charge in [-0.15, -0.1) is 0 Å². The number of carboxylic acid groups (broad SMARTS) is 1. The van der Waals surface area contributed by atoms with Gasteiger partial charge < -0.3 is 37.8 Å². The number of hydrogen-bond donors (Lipinski definition) is 7. The van der Waals surface area contributed by atoms with Gasteiger partial charge in [0.25, 0.3) is 11.6 Å². The van der Waals surface area contributed by atoms with Crippen molar-refractivity contribution in [2.45, 2.75) is 43.8 Å². The predicted octanol–water partition coefficient (Wildman–Crippen LogP) is -1.69. The van der Waals surface area contributed by atoms with E-state index in [4.69, 9.17) is 16.6 Å². The Hall–Kier alpha value is -4.03. The van der Waals surface area contributed by atoms with E-state index >= 15 is 0 Å². The number of nitrogens with two attached hydrogens (primary N) is 2. The molecule has 0 aromatic heterocycles. The highest BCUT2D eigenvalue weighted by atomic mass is 127. The van der Waals surface area contributed by atoms with Gasteiger partial charge in [-0.3, -0.25) is 38.9 Å². The molecule has 37 heavy (non-hydrogen) atoms. The van der Waals surface area contributed by atoms with E-state index in [1.807, 2.05) is 0 Å². The number of primary amides is 2. The van der Waals surface area contributed by atoms with E-state index in [0.29, 0.717) is 0 Å². The highest BCUT2D eigenvalue weighted by Gasteiger charge is 2.32. The summed E-state index contributed by atoms with van der Waals surface area (Å²) in [6, 6.07) is -2.18. The molecule has 1 aliphatic rings. The van der Waals surface area contributed by atoms with Crippen LogP contribution in [0.15, 0.2) is 12.1 Å². The molecule has 0 saturated heterocycles. The number of nitro benzene ring substituents is 1. The van der Waals surface area contributed by atoms with E-state index in [9.17, 15) is 38.9 Å². The van der Waals surface area contributed by atoms with Gasteiger partial charge in [0.1, 0.15) is 18.1 Å². The minimum Gasteiger partial charge on any atom is -0.481 e. The highest BCUT2D eigenvalue weighted by molar-refractivity contribution is 14.1. The van der Waals surface area contributed by atoms with Crippen molar-refractivity contribution in [2.75, 3.05) is 11.9 Å². The Kier molecular flexibility index (Phi) is 10.1. The molecule has 0 fully saturated rings. The number of hydrogen-bond acceptors (Lipinski definition) is 9. The molecule has 2 rings (SSSR count). The van der Waals surface area contributed by atoms with E-state index in [0.717, 1.165) is 6.07 Å². The lowest BCUT2D eigenvalue weighted by atomic mass is 10.0. The molecule has 16 nitrogen and oxygen atoms in total. The van der Waals surface area contributed by atoms with Crippen molar-refractivity contribution in [2.24, 2.45) is 11.5 Å². The van der Waals surface area contributed by atoms with Crippen LogP contribution in [0.4, 0.5) is 11.4 Å². The maximum absolute atomic E-state index is 13.2. The summed E-state index contributed by atoms with van der Waals surface area (Å²) in [5.41, 5.74) is 10.0. The molecule has 1 aromatic carbocycles. The molecule has 0 aliphatic carbocycles. The number of carbonyl (C=O) groups excluding carboxylic acids is 5. The Bertz CT molecular complexity index is 1140. The second-order valence-electron chi connectivity index (χ2n) is 7.98. The van der Waals surface area contributed by atoms with Gasteiger partial charge in [0, 0.05) is 28.7 Å². The van der Waals surface area contributed by atoms with Crippen molar-refractivity contribution in [1.82, 2.24) is 16.0 Å². The van der Waals surface area contributed by atoms with E-state index in [1.165, 1.54) is 6.07 Å². The number of nitrogens with zero attached hydrogens (tertiary/aromatic N) is 1. The van der Waals surface area contributed by atoms with Gasteiger partial charge in [0.15, 0.2) is 0 Å². The van der Waals surface area contributed by atoms with Crippen LogP contribution in [0.25, 0.3) is 0 Å². The third-order valence-electron chi connectivity index (χ3n) is 5.23. The van der Waals surface area contributed by atoms with Crippen LogP contribution in [-0.2, 0) is 24.0 Å². The van der Waals surface area contributed by atoms with Crippen LogP contribution >= 0.6 is 22.6 Å². The predicted molar refractivity (Wildman–Crippen MR) is 134 cm³/mol. The Morgan fingerprint density at radius 2 is 1.73 bits per heavy atom. The number of benzene rings is 1. The number of fused-ring (bicyclic) bond motifs is 1. The zero-order valence-electron chi connectivity index (χ0n) is 19.1. The van der Waals surface area contributed by atoms with Gasteiger partial charge >= 0.3 is 5.97 Å². The van der Waals surface area contributed by atoms with Gasteiger partial charge in [-0.1, -0.05) is 0 Å². The van der Waals surface area contributed by atoms with Gasteiger partial charge in [0.05, 0.1) is 22.6 Å². The fourth-order valence-electron chi connectivity index (χ4n) is 3.41. The number of nitrogens with one attached hydrogen (secondary N) is 4. The molecule has 0 radical (unpaired) electrons. The number of aliphatic carboxylic acids is 1. The average molecular weight is 633 g/mol. The summed E-state index contributed by atoms with van der Waals surface area (Å²) in [5.74, 6) is -6.12. The number of carboxylic acids is 1. The zero-order chi connectivity index (χ0) is 27.9. The van der Waals surface area contributed by atoms with Crippen molar-refractivity contribution >= 4 is 69.5 Å². The van der Waals surface area contributed by atoms with Gasteiger partial charge in [-0.2, -0.15) is 0 Å². The molecule has 1 aromatic rings. The summed E-state index contributed by atoms with van der Waals surface area (Å²) in [4.78, 5) is 84.1. The molecule has 9 N–H and O–H groups in total. The first-order chi connectivity index (χ1) is 17.3. The van der Waals surface area contributed by atoms with Crippen molar-refractivity contribution < 1.29 is 38.8 Å². The summed E-state index contributed by atoms with van der Waals surface area (Å²) < 4.78 is 0.261. The SMILES string of the molecule is NC(=O)C[C@@H]1NC(=O)[C@H](CCC(=O)O)NC(=O)c2cc([N+](=O)[O-])cc(I)c2NCCC(C(N)=O)NC1=O. The zero-order valence-corrected chi connectivity index (χ0v) is 21.3. The molecule has 0 bridgehead atoms. The average Bonchev–Trinajstić information content (AvgIpc) is 2.79. The molecule has 0 spiro atoms. The monoisotopic (exact) mass is 633 g/mol. The fraction of sp³-hybridized carbons (Fsp3) is 0.400. The Labute approximate surface area is 222 Å². The molecule has 0 saturated carbocycles. The van der Waals surface area contributed by atoms with E-state index in [1.54, 1.807) is 22.6 Å². The summed E-state index contributed by atoms with van der Waals surface area (Å²) in [5, 5.41) is 30.2. The van der Waals surface area contributed by atoms with Crippen LogP contribution in [0.2, 0.25) is 0 Å². The summed E-state index contributed by atoms with van der Waals surface area (Å²) >= 11 is 1.76. The van der Waals surface area contributed by atoms with Crippen molar-refractivity contribution in [3.05, 3.63) is 31.4 Å². The third-order valence-corrected chi connectivity index (χ3v) is 6.08. The van der Waals surface area contributed by atoms with E-state index in [2.05, 4.69) is 21.3 Å². The standard InChI is InChI=1S/C20H24IN7O9/c21-10-6-8(28(36)37)5-9-16(10)24-4-3-11(17(23)32)25-20(35)13(7-14(22)29)27-19(34)12(26-18(9)33)1-2-15(30)31/h5-6,11-13,24H,1-4,7H2,(H2,22,29)(H2,23,32)(H,25,35)(H,26,33)(H,27,34)(H,30,31)/t11?,12-,13-/m0/s1. The first kappa shape index (κ1) is 29.2. The molecular weight excluding hydrogens is 609 g/mol. The number of carbonyl (C=O) groups is 6. The largest absolute Gasteiger partial charge is 0.481 e. The maximum Gasteiger partial charge on any atom is 0.303 e. The number of anilines is 1. The molecular formula is C20H24IN7O9. The lowest BCUT2D eigenvalue weighted by Crippen LogP contribution is -2.57. The number of nitro groups is 1. The minimum atomic E-state index is -1.57. The highest BCUT2D eigenvalue weighted by Crippen LogP contribution is 2.29. The maximum atomic E-state index is 13.2. The Morgan fingerprint density at radius 1 is 1.08 bits per heavy atom. The Balaban J connectivity index is 2.58. The number of non-ortho nitro benzene ring substituents is 1. The van der Waals surface area contributed by atoms with Crippen LogP contribution < -0.4 is 32.7 Å². The first-order valence-electron chi connectivity index (χ1n) is 10.7. The van der Waals surface area contributed by atoms with Crippen LogP contribution in [-0.4, -0.2) is 70.2 Å². The van der Waals surface area contributed by atoms with Gasteiger partial charge in [0.2, 0.25) is 23.6 Å². The van der Waals surface area contributed by atoms with Crippen molar-refractivity contribution in [1.29, 1.82) is 0 Å². The molecule has 1 aliphatic heterocycles. The minimum absolute atomic E-state index is 0.0305. The normalized spacial score (nSPS) is 20.7. The molecule has 3 atom stereocenters. The number of halogens is 1. The van der Waals surface area contributed by atoms with Crippen LogP contribution in [0, 0.1) is 13.7 Å². The number of rotatable bonds is 7.